The zero-order valence-corrected chi connectivity index (χ0v) is 16.2. The van der Waals surface area contributed by atoms with Crippen LogP contribution in [0.1, 0.15) is 31.4 Å². The molecule has 0 unspecified atom stereocenters. The van der Waals surface area contributed by atoms with Crippen LogP contribution in [0.4, 0.5) is 0 Å². The van der Waals surface area contributed by atoms with Crippen LogP contribution >= 0.6 is 11.6 Å². The summed E-state index contributed by atoms with van der Waals surface area (Å²) < 4.78 is 16.0. The van der Waals surface area contributed by atoms with E-state index in [1.807, 2.05) is 6.92 Å². The molecule has 7 heteroatoms. The average molecular weight is 400 g/mol. The van der Waals surface area contributed by atoms with E-state index in [1.54, 1.807) is 55.5 Å². The zero-order chi connectivity index (χ0) is 20.1. The van der Waals surface area contributed by atoms with Crippen molar-refractivity contribution >= 4 is 35.5 Å². The van der Waals surface area contributed by atoms with Gasteiger partial charge in [-0.2, -0.15) is 0 Å². The molecule has 28 heavy (non-hydrogen) atoms. The minimum absolute atomic E-state index is 0.158. The second-order valence-electron chi connectivity index (χ2n) is 5.81. The number of nitrogens with zero attached hydrogens (tertiary/aromatic N) is 1. The summed E-state index contributed by atoms with van der Waals surface area (Å²) in [5, 5.41) is 0.580. The predicted molar refractivity (Wildman–Crippen MR) is 106 cm³/mol. The quantitative estimate of drug-likeness (QED) is 0.409. The SMILES string of the molecule is CCOc1cc(/C=C2\N=C(c3ccc(Cl)cc3)OC2=O)ccc1OC(=O)CC. The van der Waals surface area contributed by atoms with E-state index >= 15 is 0 Å². The summed E-state index contributed by atoms with van der Waals surface area (Å²) in [5.74, 6) is 0.0431. The topological polar surface area (TPSA) is 74.2 Å². The number of carbonyl (C=O) groups is 2. The molecule has 0 saturated heterocycles. The van der Waals surface area contributed by atoms with Crippen LogP contribution in [-0.4, -0.2) is 24.4 Å². The highest BCUT2D eigenvalue weighted by atomic mass is 35.5. The molecule has 1 aliphatic rings. The van der Waals surface area contributed by atoms with Gasteiger partial charge in [-0.15, -0.1) is 0 Å². The van der Waals surface area contributed by atoms with Gasteiger partial charge in [0.1, 0.15) is 0 Å². The maximum Gasteiger partial charge on any atom is 0.363 e. The number of esters is 2. The van der Waals surface area contributed by atoms with Gasteiger partial charge in [-0.05, 0) is 55.0 Å². The van der Waals surface area contributed by atoms with E-state index in [2.05, 4.69) is 4.99 Å². The first kappa shape index (κ1) is 19.6. The molecule has 0 saturated carbocycles. The van der Waals surface area contributed by atoms with Gasteiger partial charge in [0.05, 0.1) is 6.61 Å². The Morgan fingerprint density at radius 2 is 1.89 bits per heavy atom. The van der Waals surface area contributed by atoms with E-state index in [9.17, 15) is 9.59 Å². The van der Waals surface area contributed by atoms with Crippen LogP contribution in [0.25, 0.3) is 6.08 Å². The Balaban J connectivity index is 1.89. The summed E-state index contributed by atoms with van der Waals surface area (Å²) in [6.07, 6.45) is 1.84. The third kappa shape index (κ3) is 4.58. The van der Waals surface area contributed by atoms with Gasteiger partial charge >= 0.3 is 11.9 Å². The Bertz CT molecular complexity index is 963. The number of rotatable bonds is 6. The fourth-order valence-electron chi connectivity index (χ4n) is 2.44. The van der Waals surface area contributed by atoms with E-state index in [0.29, 0.717) is 34.3 Å². The standard InChI is InChI=1S/C21H18ClNO5/c1-3-19(24)27-17-10-5-13(12-18(17)26-4-2)11-16-21(25)28-20(23-16)14-6-8-15(22)9-7-14/h5-12H,3-4H2,1-2H3/b16-11-. The fourth-order valence-corrected chi connectivity index (χ4v) is 2.57. The van der Waals surface area contributed by atoms with Gasteiger partial charge in [-0.1, -0.05) is 24.6 Å². The number of aliphatic imine (C=N–C) groups is 1. The lowest BCUT2D eigenvalue weighted by Gasteiger charge is -2.10. The molecule has 0 amide bonds. The maximum atomic E-state index is 12.2. The molecule has 0 fully saturated rings. The van der Waals surface area contributed by atoms with E-state index in [4.69, 9.17) is 25.8 Å². The van der Waals surface area contributed by atoms with Crippen LogP contribution < -0.4 is 9.47 Å². The molecule has 0 spiro atoms. The zero-order valence-electron chi connectivity index (χ0n) is 15.4. The summed E-state index contributed by atoms with van der Waals surface area (Å²) >= 11 is 5.87. The number of hydrogen-bond donors (Lipinski definition) is 0. The smallest absolute Gasteiger partial charge is 0.363 e. The molecule has 1 aliphatic heterocycles. The third-order valence-corrected chi connectivity index (χ3v) is 4.05. The van der Waals surface area contributed by atoms with Crippen LogP contribution in [0.3, 0.4) is 0 Å². The van der Waals surface area contributed by atoms with Crippen molar-refractivity contribution in [3.8, 4) is 11.5 Å². The first-order valence-electron chi connectivity index (χ1n) is 8.76. The van der Waals surface area contributed by atoms with Crippen LogP contribution in [0.15, 0.2) is 53.2 Å². The van der Waals surface area contributed by atoms with Crippen molar-refractivity contribution < 1.29 is 23.8 Å². The molecule has 3 rings (SSSR count). The van der Waals surface area contributed by atoms with Crippen LogP contribution in [-0.2, 0) is 14.3 Å². The molecule has 0 aliphatic carbocycles. The molecule has 0 N–H and O–H groups in total. The molecule has 1 heterocycles. The molecular formula is C21H18ClNO5. The van der Waals surface area contributed by atoms with Crippen molar-refractivity contribution in [2.45, 2.75) is 20.3 Å². The molecule has 2 aromatic rings. The first-order valence-corrected chi connectivity index (χ1v) is 9.14. The third-order valence-electron chi connectivity index (χ3n) is 3.80. The number of benzene rings is 2. The summed E-state index contributed by atoms with van der Waals surface area (Å²) in [4.78, 5) is 28.0. The van der Waals surface area contributed by atoms with Crippen molar-refractivity contribution in [3.63, 3.8) is 0 Å². The van der Waals surface area contributed by atoms with Crippen molar-refractivity contribution in [1.82, 2.24) is 0 Å². The molecule has 0 atom stereocenters. The highest BCUT2D eigenvalue weighted by Crippen LogP contribution is 2.30. The fraction of sp³-hybridized carbons (Fsp3) is 0.190. The summed E-state index contributed by atoms with van der Waals surface area (Å²) in [5.41, 5.74) is 1.47. The number of ether oxygens (including phenoxy) is 3. The Morgan fingerprint density at radius 3 is 2.57 bits per heavy atom. The normalized spacial score (nSPS) is 14.6. The van der Waals surface area contributed by atoms with Gasteiger partial charge in [-0.3, -0.25) is 4.79 Å². The highest BCUT2D eigenvalue weighted by Gasteiger charge is 2.24. The van der Waals surface area contributed by atoms with Crippen molar-refractivity contribution in [3.05, 3.63) is 64.3 Å². The van der Waals surface area contributed by atoms with Crippen molar-refractivity contribution in [1.29, 1.82) is 0 Å². The lowest BCUT2D eigenvalue weighted by atomic mass is 10.1. The van der Waals surface area contributed by atoms with Gasteiger partial charge in [0.15, 0.2) is 17.2 Å². The van der Waals surface area contributed by atoms with Gasteiger partial charge in [-0.25, -0.2) is 9.79 Å². The van der Waals surface area contributed by atoms with Crippen molar-refractivity contribution in [2.24, 2.45) is 4.99 Å². The predicted octanol–water partition coefficient (Wildman–Crippen LogP) is 4.40. The Hall–Kier alpha value is -3.12. The van der Waals surface area contributed by atoms with E-state index in [-0.39, 0.29) is 24.0 Å². The van der Waals surface area contributed by atoms with Gasteiger partial charge in [0.25, 0.3) is 0 Å². The second kappa shape index (κ2) is 8.71. The molecular weight excluding hydrogens is 382 g/mol. The summed E-state index contributed by atoms with van der Waals surface area (Å²) in [7, 11) is 0. The van der Waals surface area contributed by atoms with Crippen LogP contribution in [0.2, 0.25) is 5.02 Å². The van der Waals surface area contributed by atoms with E-state index in [1.165, 1.54) is 0 Å². The number of halogens is 1. The monoisotopic (exact) mass is 399 g/mol. The number of hydrogen-bond acceptors (Lipinski definition) is 6. The lowest BCUT2D eigenvalue weighted by Crippen LogP contribution is -2.07. The van der Waals surface area contributed by atoms with Gasteiger partial charge in [0.2, 0.25) is 5.90 Å². The Labute approximate surface area is 167 Å². The molecule has 0 bridgehead atoms. The average Bonchev–Trinajstić information content (AvgIpc) is 3.05. The van der Waals surface area contributed by atoms with Crippen LogP contribution in [0, 0.1) is 0 Å². The highest BCUT2D eigenvalue weighted by molar-refractivity contribution is 6.30. The van der Waals surface area contributed by atoms with E-state index < -0.39 is 5.97 Å². The van der Waals surface area contributed by atoms with Crippen molar-refractivity contribution in [2.75, 3.05) is 6.61 Å². The molecule has 6 nitrogen and oxygen atoms in total. The minimum atomic E-state index is -0.551. The molecule has 144 valence electrons. The van der Waals surface area contributed by atoms with E-state index in [0.717, 1.165) is 0 Å². The van der Waals surface area contributed by atoms with Crippen LogP contribution in [0.5, 0.6) is 11.5 Å². The first-order chi connectivity index (χ1) is 13.5. The second-order valence-corrected chi connectivity index (χ2v) is 6.25. The largest absolute Gasteiger partial charge is 0.490 e. The number of carbonyl (C=O) groups excluding carboxylic acids is 2. The summed E-state index contributed by atoms with van der Waals surface area (Å²) in [6, 6.07) is 11.8. The minimum Gasteiger partial charge on any atom is -0.490 e. The summed E-state index contributed by atoms with van der Waals surface area (Å²) in [6.45, 7) is 3.94. The lowest BCUT2D eigenvalue weighted by molar-refractivity contribution is -0.134. The maximum absolute atomic E-state index is 12.2. The number of cyclic esters (lactones) is 1. The molecule has 0 aromatic heterocycles. The Morgan fingerprint density at radius 1 is 1.14 bits per heavy atom. The van der Waals surface area contributed by atoms with Gasteiger partial charge < -0.3 is 14.2 Å². The van der Waals surface area contributed by atoms with Gasteiger partial charge in [0, 0.05) is 17.0 Å². The molecule has 2 aromatic carbocycles. The Kier molecular flexibility index (Phi) is 6.11. The molecule has 0 radical (unpaired) electrons.